The Morgan fingerprint density at radius 3 is 3.11 bits per heavy atom. The Morgan fingerprint density at radius 2 is 2.42 bits per heavy atom. The van der Waals surface area contributed by atoms with Gasteiger partial charge in [-0.15, -0.1) is 0 Å². The molecule has 4 heteroatoms. The van der Waals surface area contributed by atoms with Gasteiger partial charge in [0.2, 0.25) is 5.91 Å². The first-order valence-corrected chi connectivity index (χ1v) is 6.97. The highest BCUT2D eigenvalue weighted by Gasteiger charge is 2.22. The molecule has 104 valence electrons. The van der Waals surface area contributed by atoms with Crippen LogP contribution in [-0.4, -0.2) is 25.1 Å². The van der Waals surface area contributed by atoms with E-state index in [1.165, 1.54) is 0 Å². The Morgan fingerprint density at radius 1 is 1.58 bits per heavy atom. The Balaban J connectivity index is 1.96. The van der Waals surface area contributed by atoms with Gasteiger partial charge in [0.15, 0.2) is 0 Å². The Labute approximate surface area is 114 Å². The molecule has 19 heavy (non-hydrogen) atoms. The van der Waals surface area contributed by atoms with Gasteiger partial charge in [-0.05, 0) is 38.4 Å². The lowest BCUT2D eigenvalue weighted by atomic mass is 10.1. The van der Waals surface area contributed by atoms with Crippen LogP contribution in [0.25, 0.3) is 0 Å². The average molecular weight is 262 g/mol. The molecule has 0 radical (unpaired) electrons. The third-order valence-electron chi connectivity index (χ3n) is 3.44. The molecule has 1 saturated heterocycles. The zero-order valence-electron chi connectivity index (χ0n) is 11.6. The van der Waals surface area contributed by atoms with Crippen LogP contribution in [0.2, 0.25) is 0 Å². The van der Waals surface area contributed by atoms with Gasteiger partial charge < -0.3 is 15.4 Å². The first-order valence-electron chi connectivity index (χ1n) is 6.97. The van der Waals surface area contributed by atoms with Crippen LogP contribution < -0.4 is 15.4 Å². The summed E-state index contributed by atoms with van der Waals surface area (Å²) < 4.78 is 5.75. The van der Waals surface area contributed by atoms with E-state index in [2.05, 4.69) is 17.6 Å². The van der Waals surface area contributed by atoms with Gasteiger partial charge in [0, 0.05) is 18.3 Å². The summed E-state index contributed by atoms with van der Waals surface area (Å²) in [5.74, 6) is 0.974. The van der Waals surface area contributed by atoms with Crippen molar-refractivity contribution in [3.05, 3.63) is 24.3 Å². The third kappa shape index (κ3) is 3.96. The number of hydrogen-bond acceptors (Lipinski definition) is 3. The van der Waals surface area contributed by atoms with Crippen molar-refractivity contribution in [3.8, 4) is 5.75 Å². The Kier molecular flexibility index (Phi) is 4.80. The number of nitrogens with one attached hydrogen (secondary N) is 2. The van der Waals surface area contributed by atoms with Gasteiger partial charge in [-0.1, -0.05) is 13.0 Å². The summed E-state index contributed by atoms with van der Waals surface area (Å²) in [5, 5.41) is 6.16. The van der Waals surface area contributed by atoms with Crippen LogP contribution in [0.3, 0.4) is 0 Å². The lowest BCUT2D eigenvalue weighted by Crippen LogP contribution is -2.24. The molecular weight excluding hydrogens is 240 g/mol. The maximum absolute atomic E-state index is 12.0. The minimum Gasteiger partial charge on any atom is -0.491 e. The molecule has 1 heterocycles. The molecule has 0 aliphatic carbocycles. The summed E-state index contributed by atoms with van der Waals surface area (Å²) in [5.41, 5.74) is 0.803. The van der Waals surface area contributed by atoms with Crippen molar-refractivity contribution in [3.63, 3.8) is 0 Å². The van der Waals surface area contributed by atoms with Crippen molar-refractivity contribution in [1.82, 2.24) is 5.32 Å². The number of carbonyl (C=O) groups excluding carboxylic acids is 1. The molecule has 1 aliphatic heterocycles. The molecule has 0 spiro atoms. The van der Waals surface area contributed by atoms with Gasteiger partial charge in [0.05, 0.1) is 12.0 Å². The van der Waals surface area contributed by atoms with Gasteiger partial charge in [0.1, 0.15) is 5.75 Å². The van der Waals surface area contributed by atoms with E-state index in [1.54, 1.807) is 0 Å². The van der Waals surface area contributed by atoms with Crippen LogP contribution in [-0.2, 0) is 4.79 Å². The topological polar surface area (TPSA) is 50.4 Å². The number of amides is 1. The highest BCUT2D eigenvalue weighted by Crippen LogP contribution is 2.20. The molecule has 4 nitrogen and oxygen atoms in total. The van der Waals surface area contributed by atoms with Crippen LogP contribution in [0.1, 0.15) is 26.7 Å². The summed E-state index contributed by atoms with van der Waals surface area (Å²) in [7, 11) is 0. The monoisotopic (exact) mass is 262 g/mol. The average Bonchev–Trinajstić information content (AvgIpc) is 2.93. The zero-order valence-corrected chi connectivity index (χ0v) is 11.6. The standard InChI is InChI=1S/C15H22N2O2/c1-3-11(2)19-14-6-4-5-13(9-14)17-15(18)12-7-8-16-10-12/h4-6,9,11-12,16H,3,7-8,10H2,1-2H3,(H,17,18). The van der Waals surface area contributed by atoms with E-state index in [9.17, 15) is 4.79 Å². The number of carbonyl (C=O) groups is 1. The molecular formula is C15H22N2O2. The minimum atomic E-state index is 0.0825. The fourth-order valence-corrected chi connectivity index (χ4v) is 2.09. The Bertz CT molecular complexity index is 428. The molecule has 1 amide bonds. The molecule has 2 N–H and O–H groups in total. The van der Waals surface area contributed by atoms with E-state index in [4.69, 9.17) is 4.74 Å². The molecule has 2 unspecified atom stereocenters. The van der Waals surface area contributed by atoms with Crippen LogP contribution in [0.5, 0.6) is 5.75 Å². The van der Waals surface area contributed by atoms with E-state index < -0.39 is 0 Å². The van der Waals surface area contributed by atoms with Crippen molar-refractivity contribution >= 4 is 11.6 Å². The van der Waals surface area contributed by atoms with Crippen LogP contribution in [0.15, 0.2) is 24.3 Å². The van der Waals surface area contributed by atoms with E-state index in [1.807, 2.05) is 31.2 Å². The zero-order chi connectivity index (χ0) is 13.7. The van der Waals surface area contributed by atoms with E-state index in [0.29, 0.717) is 0 Å². The molecule has 2 atom stereocenters. The molecule has 0 saturated carbocycles. The van der Waals surface area contributed by atoms with Crippen LogP contribution in [0.4, 0.5) is 5.69 Å². The van der Waals surface area contributed by atoms with Crippen molar-refractivity contribution in [2.24, 2.45) is 5.92 Å². The number of benzene rings is 1. The first kappa shape index (κ1) is 13.9. The van der Waals surface area contributed by atoms with Gasteiger partial charge in [-0.25, -0.2) is 0 Å². The van der Waals surface area contributed by atoms with E-state index in [0.717, 1.165) is 37.4 Å². The lowest BCUT2D eigenvalue weighted by Gasteiger charge is -2.14. The van der Waals surface area contributed by atoms with Crippen LogP contribution >= 0.6 is 0 Å². The predicted octanol–water partition coefficient (Wildman–Crippen LogP) is 2.41. The number of rotatable bonds is 5. The van der Waals surface area contributed by atoms with Gasteiger partial charge in [-0.3, -0.25) is 4.79 Å². The molecule has 1 fully saturated rings. The molecule has 0 aromatic heterocycles. The minimum absolute atomic E-state index is 0.0825. The molecule has 1 aromatic rings. The van der Waals surface area contributed by atoms with Gasteiger partial charge in [0.25, 0.3) is 0 Å². The van der Waals surface area contributed by atoms with Crippen molar-refractivity contribution in [1.29, 1.82) is 0 Å². The summed E-state index contributed by atoms with van der Waals surface area (Å²) in [6, 6.07) is 7.59. The summed E-state index contributed by atoms with van der Waals surface area (Å²) in [6.07, 6.45) is 2.06. The summed E-state index contributed by atoms with van der Waals surface area (Å²) in [4.78, 5) is 12.0. The van der Waals surface area contributed by atoms with Crippen LogP contribution in [0, 0.1) is 5.92 Å². The normalized spacial score (nSPS) is 20.0. The second-order valence-electron chi connectivity index (χ2n) is 5.04. The van der Waals surface area contributed by atoms with E-state index >= 15 is 0 Å². The second kappa shape index (κ2) is 6.57. The summed E-state index contributed by atoms with van der Waals surface area (Å²) in [6.45, 7) is 5.82. The van der Waals surface area contributed by atoms with Crippen molar-refractivity contribution in [2.45, 2.75) is 32.8 Å². The summed E-state index contributed by atoms with van der Waals surface area (Å²) >= 11 is 0. The molecule has 0 bridgehead atoms. The lowest BCUT2D eigenvalue weighted by molar-refractivity contribution is -0.119. The van der Waals surface area contributed by atoms with Crippen molar-refractivity contribution < 1.29 is 9.53 Å². The number of ether oxygens (including phenoxy) is 1. The smallest absolute Gasteiger partial charge is 0.228 e. The number of hydrogen-bond donors (Lipinski definition) is 2. The third-order valence-corrected chi connectivity index (χ3v) is 3.44. The molecule has 2 rings (SSSR count). The molecule has 1 aromatic carbocycles. The quantitative estimate of drug-likeness (QED) is 0.856. The maximum Gasteiger partial charge on any atom is 0.228 e. The van der Waals surface area contributed by atoms with Crippen molar-refractivity contribution in [2.75, 3.05) is 18.4 Å². The predicted molar refractivity (Wildman–Crippen MR) is 76.4 cm³/mol. The largest absolute Gasteiger partial charge is 0.491 e. The van der Waals surface area contributed by atoms with Gasteiger partial charge in [-0.2, -0.15) is 0 Å². The SMILES string of the molecule is CCC(C)Oc1cccc(NC(=O)C2CCNC2)c1. The van der Waals surface area contributed by atoms with E-state index in [-0.39, 0.29) is 17.9 Å². The highest BCUT2D eigenvalue weighted by atomic mass is 16.5. The fraction of sp³-hybridized carbons (Fsp3) is 0.533. The Hall–Kier alpha value is -1.55. The van der Waals surface area contributed by atoms with Gasteiger partial charge >= 0.3 is 0 Å². The number of anilines is 1. The highest BCUT2D eigenvalue weighted by molar-refractivity contribution is 5.93. The fourth-order valence-electron chi connectivity index (χ4n) is 2.09. The second-order valence-corrected chi connectivity index (χ2v) is 5.04. The first-order chi connectivity index (χ1) is 9.19. The maximum atomic E-state index is 12.0. The molecule has 1 aliphatic rings.